The molecule has 1 amide bonds. The zero-order valence-corrected chi connectivity index (χ0v) is 22.1. The van der Waals surface area contributed by atoms with Crippen LogP contribution in [0.2, 0.25) is 0 Å². The molecule has 0 saturated carbocycles. The van der Waals surface area contributed by atoms with Gasteiger partial charge < -0.3 is 24.8 Å². The summed E-state index contributed by atoms with van der Waals surface area (Å²) in [6.45, 7) is 12.8. The Kier molecular flexibility index (Phi) is 11.8. The minimum atomic E-state index is -0.0106. The number of carbonyl (C=O) groups excluding carboxylic acids is 1. The van der Waals surface area contributed by atoms with Crippen molar-refractivity contribution in [3.8, 4) is 0 Å². The quantitative estimate of drug-likeness (QED) is 0.292. The van der Waals surface area contributed by atoms with E-state index in [1.54, 1.807) is 7.11 Å². The van der Waals surface area contributed by atoms with Gasteiger partial charge in [0.1, 0.15) is 0 Å². The summed E-state index contributed by atoms with van der Waals surface area (Å²) < 4.78 is 5.19. The van der Waals surface area contributed by atoms with Gasteiger partial charge in [-0.2, -0.15) is 0 Å². The Hall–Kier alpha value is -0.650. The fourth-order valence-electron chi connectivity index (χ4n) is 4.88. The van der Waals surface area contributed by atoms with Gasteiger partial charge >= 0.3 is 0 Å². The van der Waals surface area contributed by atoms with E-state index in [-0.39, 0.29) is 30.0 Å². The van der Waals surface area contributed by atoms with Crippen LogP contribution in [0.25, 0.3) is 0 Å². The third kappa shape index (κ3) is 7.71. The van der Waals surface area contributed by atoms with E-state index < -0.39 is 0 Å². The zero-order valence-electron chi connectivity index (χ0n) is 19.7. The lowest BCUT2D eigenvalue weighted by Crippen LogP contribution is -2.57. The molecule has 8 nitrogen and oxygen atoms in total. The van der Waals surface area contributed by atoms with Gasteiger partial charge in [0.15, 0.2) is 5.96 Å². The van der Waals surface area contributed by atoms with Gasteiger partial charge in [-0.1, -0.05) is 0 Å². The molecule has 3 fully saturated rings. The van der Waals surface area contributed by atoms with E-state index in [1.165, 1.54) is 12.8 Å². The van der Waals surface area contributed by atoms with E-state index in [2.05, 4.69) is 31.9 Å². The largest absolute Gasteiger partial charge is 0.383 e. The first kappa shape index (κ1) is 26.6. The smallest absolute Gasteiger partial charge is 0.239 e. The number of aliphatic imine (C=N–C) groups is 1. The first-order valence-electron chi connectivity index (χ1n) is 11.8. The number of methoxy groups -OCH3 is 1. The van der Waals surface area contributed by atoms with Crippen molar-refractivity contribution in [2.24, 2.45) is 10.9 Å². The Morgan fingerprint density at radius 2 is 1.68 bits per heavy atom. The summed E-state index contributed by atoms with van der Waals surface area (Å²) in [5.74, 6) is 2.02. The van der Waals surface area contributed by atoms with Gasteiger partial charge in [-0.05, 0) is 51.6 Å². The molecule has 0 spiro atoms. The minimum Gasteiger partial charge on any atom is -0.383 e. The normalized spacial score (nSPS) is 23.0. The van der Waals surface area contributed by atoms with Gasteiger partial charge in [0.2, 0.25) is 5.91 Å². The lowest BCUT2D eigenvalue weighted by Gasteiger charge is -2.40. The second-order valence-electron chi connectivity index (χ2n) is 8.94. The van der Waals surface area contributed by atoms with Crippen molar-refractivity contribution >= 4 is 35.8 Å². The van der Waals surface area contributed by atoms with E-state index in [0.717, 1.165) is 90.9 Å². The minimum absolute atomic E-state index is 0. The predicted octanol–water partition coefficient (Wildman–Crippen LogP) is 1.17. The van der Waals surface area contributed by atoms with Crippen LogP contribution >= 0.6 is 24.0 Å². The third-order valence-electron chi connectivity index (χ3n) is 7.02. The molecule has 0 radical (unpaired) electrons. The van der Waals surface area contributed by atoms with Gasteiger partial charge in [0, 0.05) is 66.5 Å². The summed E-state index contributed by atoms with van der Waals surface area (Å²) in [6.07, 6.45) is 4.77. The van der Waals surface area contributed by atoms with Crippen LogP contribution in [-0.2, 0) is 9.53 Å². The number of piperidine rings is 1. The molecule has 1 N–H and O–H groups in total. The monoisotopic (exact) mass is 550 g/mol. The average Bonchev–Trinajstić information content (AvgIpc) is 3.33. The summed E-state index contributed by atoms with van der Waals surface area (Å²) in [4.78, 5) is 26.4. The number of ether oxygens (including phenoxy) is 1. The summed E-state index contributed by atoms with van der Waals surface area (Å²) in [5, 5.41) is 3.62. The molecule has 180 valence electrons. The van der Waals surface area contributed by atoms with Gasteiger partial charge in [0.05, 0.1) is 12.6 Å². The molecule has 0 aromatic heterocycles. The maximum atomic E-state index is 12.7. The number of amides is 1. The van der Waals surface area contributed by atoms with Gasteiger partial charge in [-0.15, -0.1) is 24.0 Å². The Morgan fingerprint density at radius 3 is 2.26 bits per heavy atom. The van der Waals surface area contributed by atoms with Crippen LogP contribution in [0.5, 0.6) is 0 Å². The average molecular weight is 551 g/mol. The van der Waals surface area contributed by atoms with E-state index in [9.17, 15) is 4.79 Å². The Balaban J connectivity index is 0.00000341. The molecule has 3 saturated heterocycles. The van der Waals surface area contributed by atoms with E-state index >= 15 is 0 Å². The number of nitrogens with one attached hydrogen (secondary N) is 1. The van der Waals surface area contributed by atoms with Gasteiger partial charge in [-0.25, -0.2) is 0 Å². The number of nitrogens with zero attached hydrogens (tertiary/aromatic N) is 5. The molecule has 31 heavy (non-hydrogen) atoms. The number of piperazine rings is 1. The standard InChI is InChI=1S/C22H42N6O2.HI/c1-19(21(29)27-8-4-5-9-27)26-12-14-28(15-13-26)22(23-2)24-18-20-6-10-25(11-7-20)16-17-30-3;/h19-20H,4-18H2,1-3H3,(H,23,24);1H. The first-order chi connectivity index (χ1) is 14.6. The van der Waals surface area contributed by atoms with E-state index in [0.29, 0.717) is 11.8 Å². The van der Waals surface area contributed by atoms with Crippen molar-refractivity contribution in [1.29, 1.82) is 0 Å². The van der Waals surface area contributed by atoms with Crippen LogP contribution in [0.1, 0.15) is 32.6 Å². The number of likely N-dealkylation sites (tertiary alicyclic amines) is 2. The SMILES string of the molecule is CN=C(NCC1CCN(CCOC)CC1)N1CCN(C(C)C(=O)N2CCCC2)CC1.I. The lowest BCUT2D eigenvalue weighted by atomic mass is 9.97. The number of rotatable bonds is 7. The maximum absolute atomic E-state index is 12.7. The number of carbonyl (C=O) groups is 1. The number of hydrogen-bond donors (Lipinski definition) is 1. The second kappa shape index (κ2) is 13.8. The van der Waals surface area contributed by atoms with E-state index in [4.69, 9.17) is 4.74 Å². The Bertz CT molecular complexity index is 556. The highest BCUT2D eigenvalue weighted by molar-refractivity contribution is 14.0. The fourth-order valence-corrected chi connectivity index (χ4v) is 4.88. The van der Waals surface area contributed by atoms with E-state index in [1.807, 2.05) is 11.9 Å². The molecule has 0 aliphatic carbocycles. The summed E-state index contributed by atoms with van der Waals surface area (Å²) in [6, 6.07) is -0.0106. The molecular weight excluding hydrogens is 507 g/mol. The number of guanidine groups is 1. The molecule has 3 aliphatic rings. The second-order valence-corrected chi connectivity index (χ2v) is 8.94. The predicted molar refractivity (Wildman–Crippen MR) is 136 cm³/mol. The summed E-state index contributed by atoms with van der Waals surface area (Å²) >= 11 is 0. The Labute approximate surface area is 205 Å². The van der Waals surface area contributed by atoms with Gasteiger partial charge in [-0.3, -0.25) is 14.7 Å². The summed E-state index contributed by atoms with van der Waals surface area (Å²) in [7, 11) is 3.65. The highest BCUT2D eigenvalue weighted by Gasteiger charge is 2.30. The zero-order chi connectivity index (χ0) is 21.3. The maximum Gasteiger partial charge on any atom is 0.239 e. The molecule has 0 aromatic rings. The van der Waals surface area contributed by atoms with Crippen molar-refractivity contribution in [2.75, 3.05) is 86.2 Å². The molecule has 0 bridgehead atoms. The van der Waals surface area contributed by atoms with Crippen LogP contribution in [0.15, 0.2) is 4.99 Å². The fraction of sp³-hybridized carbons (Fsp3) is 0.909. The molecule has 3 heterocycles. The van der Waals surface area contributed by atoms with Crippen LogP contribution in [0.3, 0.4) is 0 Å². The van der Waals surface area contributed by atoms with Crippen LogP contribution < -0.4 is 5.32 Å². The van der Waals surface area contributed by atoms with Crippen molar-refractivity contribution in [2.45, 2.75) is 38.6 Å². The molecule has 3 rings (SSSR count). The van der Waals surface area contributed by atoms with Crippen molar-refractivity contribution in [3.63, 3.8) is 0 Å². The molecule has 1 unspecified atom stereocenters. The molecule has 3 aliphatic heterocycles. The van der Waals surface area contributed by atoms with Crippen molar-refractivity contribution in [1.82, 2.24) is 24.9 Å². The van der Waals surface area contributed by atoms with Crippen molar-refractivity contribution < 1.29 is 9.53 Å². The lowest BCUT2D eigenvalue weighted by molar-refractivity contribution is -0.135. The topological polar surface area (TPSA) is 63.7 Å². The number of hydrogen-bond acceptors (Lipinski definition) is 5. The first-order valence-corrected chi connectivity index (χ1v) is 11.8. The highest BCUT2D eigenvalue weighted by atomic mass is 127. The van der Waals surface area contributed by atoms with Crippen molar-refractivity contribution in [3.05, 3.63) is 0 Å². The molecular formula is C22H43IN6O2. The Morgan fingerprint density at radius 1 is 1.03 bits per heavy atom. The molecule has 9 heteroatoms. The molecule has 0 aromatic carbocycles. The van der Waals surface area contributed by atoms with Gasteiger partial charge in [0.25, 0.3) is 0 Å². The summed E-state index contributed by atoms with van der Waals surface area (Å²) in [5.41, 5.74) is 0. The number of halogens is 1. The highest BCUT2D eigenvalue weighted by Crippen LogP contribution is 2.17. The van der Waals surface area contributed by atoms with Crippen LogP contribution in [0, 0.1) is 5.92 Å². The molecule has 1 atom stereocenters. The van der Waals surface area contributed by atoms with Crippen LogP contribution in [-0.4, -0.2) is 124 Å². The third-order valence-corrected chi connectivity index (χ3v) is 7.02. The van der Waals surface area contributed by atoms with Crippen LogP contribution in [0.4, 0.5) is 0 Å².